The van der Waals surface area contributed by atoms with Crippen LogP contribution in [0, 0.1) is 0 Å². The lowest BCUT2D eigenvalue weighted by atomic mass is 10.2. The van der Waals surface area contributed by atoms with E-state index < -0.39 is 10.1 Å². The van der Waals surface area contributed by atoms with Crippen molar-refractivity contribution in [3.8, 4) is 11.4 Å². The van der Waals surface area contributed by atoms with Crippen LogP contribution in [-0.4, -0.2) is 71.5 Å². The van der Waals surface area contributed by atoms with Crippen LogP contribution >= 0.6 is 0 Å². The Kier molecular flexibility index (Phi) is 7.73. The molecule has 0 aromatic carbocycles. The Balaban J connectivity index is 0.000000450. The summed E-state index contributed by atoms with van der Waals surface area (Å²) in [4.78, 5) is 13.9. The highest BCUT2D eigenvalue weighted by atomic mass is 32.2. The summed E-state index contributed by atoms with van der Waals surface area (Å²) < 4.78 is 31.2. The molecular formula is C19H31N5O4S. The second kappa shape index (κ2) is 9.64. The predicted octanol–water partition coefficient (Wildman–Crippen LogP) is 2.68. The zero-order valence-electron chi connectivity index (χ0n) is 16.4. The number of aromatic nitrogens is 3. The third-order valence-electron chi connectivity index (χ3n) is 4.74. The van der Waals surface area contributed by atoms with Gasteiger partial charge in [-0.25, -0.2) is 4.98 Å². The number of hydrogen-bond donors (Lipinski definition) is 1. The van der Waals surface area contributed by atoms with E-state index in [-0.39, 0.29) is 7.43 Å². The number of nitrogens with zero attached hydrogens (tertiary/aromatic N) is 5. The van der Waals surface area contributed by atoms with Crippen molar-refractivity contribution in [3.05, 3.63) is 24.2 Å². The highest BCUT2D eigenvalue weighted by Crippen LogP contribution is 2.39. The van der Waals surface area contributed by atoms with Crippen LogP contribution in [0.3, 0.4) is 0 Å². The summed E-state index contributed by atoms with van der Waals surface area (Å²) in [7, 11) is -3.67. The zero-order valence-corrected chi connectivity index (χ0v) is 17.3. The molecule has 4 rings (SSSR count). The number of hydrogen-bond acceptors (Lipinski definition) is 8. The Hall–Kier alpha value is -2.04. The second-order valence-corrected chi connectivity index (χ2v) is 8.95. The lowest BCUT2D eigenvalue weighted by Gasteiger charge is -2.37. The third kappa shape index (κ3) is 7.06. The van der Waals surface area contributed by atoms with Gasteiger partial charge in [0, 0.05) is 49.9 Å². The summed E-state index contributed by atoms with van der Waals surface area (Å²) in [5.41, 5.74) is 0.921. The van der Waals surface area contributed by atoms with Gasteiger partial charge in [-0.15, -0.1) is 0 Å². The van der Waals surface area contributed by atoms with E-state index in [1.807, 2.05) is 12.3 Å². The Morgan fingerprint density at radius 1 is 1.17 bits per heavy atom. The lowest BCUT2D eigenvalue weighted by Crippen LogP contribution is -2.49. The van der Waals surface area contributed by atoms with Crippen molar-refractivity contribution in [3.63, 3.8) is 0 Å². The molecule has 1 N–H and O–H groups in total. The van der Waals surface area contributed by atoms with E-state index in [4.69, 9.17) is 9.08 Å². The minimum atomic E-state index is -3.67. The molecule has 2 aliphatic rings. The number of anilines is 1. The highest BCUT2D eigenvalue weighted by molar-refractivity contribution is 7.85. The molecule has 10 heteroatoms. The Morgan fingerprint density at radius 3 is 2.28 bits per heavy atom. The van der Waals surface area contributed by atoms with Crippen molar-refractivity contribution in [2.75, 3.05) is 37.3 Å². The fourth-order valence-corrected chi connectivity index (χ4v) is 3.02. The van der Waals surface area contributed by atoms with Crippen LogP contribution in [0.1, 0.15) is 45.9 Å². The summed E-state index contributed by atoms with van der Waals surface area (Å²) in [6.45, 7) is 8.75. The average Bonchev–Trinajstić information content (AvgIpc) is 3.38. The normalized spacial score (nSPS) is 17.5. The average molecular weight is 426 g/mol. The predicted molar refractivity (Wildman–Crippen MR) is 113 cm³/mol. The van der Waals surface area contributed by atoms with E-state index in [0.29, 0.717) is 24.0 Å². The Morgan fingerprint density at radius 2 is 1.79 bits per heavy atom. The monoisotopic (exact) mass is 425 g/mol. The topological polar surface area (TPSA) is 113 Å². The molecule has 2 aromatic rings. The summed E-state index contributed by atoms with van der Waals surface area (Å²) in [6, 6.07) is 4.72. The van der Waals surface area contributed by atoms with E-state index in [0.717, 1.165) is 43.5 Å². The first-order chi connectivity index (χ1) is 13.2. The molecule has 162 valence electrons. The molecule has 2 aromatic heterocycles. The standard InChI is InChI=1S/C17H23N5O.CH4O3S.CH4/c1-12(2)21-7-9-22(10-8-21)15-6-5-14(11-18-15)16-19-17(23-20-16)13-3-4-13;1-5(2,3)4;/h5-6,11-13H,3-4,7-10H2,1-2H3;1H3,(H,2,3,4);1H4. The number of pyridine rings is 1. The maximum Gasteiger partial charge on any atom is 0.261 e. The maximum atomic E-state index is 9.19. The van der Waals surface area contributed by atoms with Crippen LogP contribution in [0.15, 0.2) is 22.9 Å². The summed E-state index contributed by atoms with van der Waals surface area (Å²) >= 11 is 0. The molecule has 0 spiro atoms. The first-order valence-corrected chi connectivity index (χ1v) is 11.3. The van der Waals surface area contributed by atoms with Crippen molar-refractivity contribution in [1.29, 1.82) is 0 Å². The van der Waals surface area contributed by atoms with E-state index in [2.05, 4.69) is 44.8 Å². The fraction of sp³-hybridized carbons (Fsp3) is 0.632. The van der Waals surface area contributed by atoms with E-state index >= 15 is 0 Å². The van der Waals surface area contributed by atoms with Crippen molar-refractivity contribution in [2.24, 2.45) is 0 Å². The molecule has 1 aliphatic carbocycles. The molecule has 1 aliphatic heterocycles. The molecular weight excluding hydrogens is 394 g/mol. The van der Waals surface area contributed by atoms with Gasteiger partial charge in [-0.3, -0.25) is 9.45 Å². The highest BCUT2D eigenvalue weighted by Gasteiger charge is 2.29. The molecule has 9 nitrogen and oxygen atoms in total. The summed E-state index contributed by atoms with van der Waals surface area (Å²) in [5.74, 6) is 2.94. The molecule has 2 fully saturated rings. The van der Waals surface area contributed by atoms with E-state index in [9.17, 15) is 8.42 Å². The van der Waals surface area contributed by atoms with Crippen molar-refractivity contribution >= 4 is 15.9 Å². The maximum absolute atomic E-state index is 9.19. The summed E-state index contributed by atoms with van der Waals surface area (Å²) in [5, 5.41) is 4.07. The molecule has 0 atom stereocenters. The van der Waals surface area contributed by atoms with Crippen LogP contribution in [0.2, 0.25) is 0 Å². The van der Waals surface area contributed by atoms with Crippen molar-refractivity contribution in [2.45, 2.75) is 46.1 Å². The molecule has 0 bridgehead atoms. The summed E-state index contributed by atoms with van der Waals surface area (Å²) in [6.07, 6.45) is 4.90. The van der Waals surface area contributed by atoms with Crippen LogP contribution < -0.4 is 4.90 Å². The van der Waals surface area contributed by atoms with Gasteiger partial charge in [-0.1, -0.05) is 12.6 Å². The Bertz CT molecular complexity index is 862. The van der Waals surface area contributed by atoms with Gasteiger partial charge in [-0.2, -0.15) is 13.4 Å². The van der Waals surface area contributed by atoms with E-state index in [1.165, 1.54) is 12.8 Å². The van der Waals surface area contributed by atoms with Crippen molar-refractivity contribution in [1.82, 2.24) is 20.0 Å². The van der Waals surface area contributed by atoms with Gasteiger partial charge in [0.25, 0.3) is 10.1 Å². The van der Waals surface area contributed by atoms with Gasteiger partial charge in [-0.05, 0) is 38.8 Å². The van der Waals surface area contributed by atoms with Gasteiger partial charge in [0.1, 0.15) is 5.82 Å². The van der Waals surface area contributed by atoms with Crippen LogP contribution in [-0.2, 0) is 10.1 Å². The number of rotatable bonds is 4. The van der Waals surface area contributed by atoms with Crippen LogP contribution in [0.5, 0.6) is 0 Å². The fourth-order valence-electron chi connectivity index (χ4n) is 3.02. The second-order valence-electron chi connectivity index (χ2n) is 7.49. The molecule has 1 saturated carbocycles. The molecule has 0 amide bonds. The molecule has 3 heterocycles. The van der Waals surface area contributed by atoms with Gasteiger partial charge >= 0.3 is 0 Å². The van der Waals surface area contributed by atoms with Crippen LogP contribution in [0.25, 0.3) is 11.4 Å². The molecule has 0 radical (unpaired) electrons. The third-order valence-corrected chi connectivity index (χ3v) is 4.74. The quantitative estimate of drug-likeness (QED) is 0.739. The first-order valence-electron chi connectivity index (χ1n) is 9.42. The molecule has 1 saturated heterocycles. The van der Waals surface area contributed by atoms with Gasteiger partial charge in [0.2, 0.25) is 11.7 Å². The lowest BCUT2D eigenvalue weighted by molar-refractivity contribution is 0.209. The minimum absolute atomic E-state index is 0. The number of piperazine rings is 1. The van der Waals surface area contributed by atoms with E-state index in [1.54, 1.807) is 0 Å². The largest absolute Gasteiger partial charge is 0.354 e. The Labute approximate surface area is 172 Å². The van der Waals surface area contributed by atoms with Crippen molar-refractivity contribution < 1.29 is 17.5 Å². The molecule has 29 heavy (non-hydrogen) atoms. The molecule has 0 unspecified atom stereocenters. The SMILES string of the molecule is C.CC(C)N1CCN(c2ccc(-c3noc(C4CC4)n3)cn2)CC1.CS(=O)(=O)O. The first kappa shape index (κ1) is 23.2. The van der Waals surface area contributed by atoms with Crippen LogP contribution in [0.4, 0.5) is 5.82 Å². The smallest absolute Gasteiger partial charge is 0.261 e. The minimum Gasteiger partial charge on any atom is -0.354 e. The van der Waals surface area contributed by atoms with Gasteiger partial charge in [0.15, 0.2) is 0 Å². The zero-order chi connectivity index (χ0) is 20.3. The van der Waals surface area contributed by atoms with Gasteiger partial charge < -0.3 is 9.42 Å². The van der Waals surface area contributed by atoms with Gasteiger partial charge in [0.05, 0.1) is 6.26 Å².